The van der Waals surface area contributed by atoms with Crippen LogP contribution in [0.4, 0.5) is 0 Å². The normalized spacial score (nSPS) is 28.8. The minimum Gasteiger partial charge on any atom is -0.192 e. The fourth-order valence-corrected chi connectivity index (χ4v) is 3.74. The highest BCUT2D eigenvalue weighted by Gasteiger charge is 2.45. The van der Waals surface area contributed by atoms with Crippen molar-refractivity contribution in [1.29, 1.82) is 10.5 Å². The summed E-state index contributed by atoms with van der Waals surface area (Å²) in [5.41, 5.74) is 2.74. The van der Waals surface area contributed by atoms with Gasteiger partial charge in [-0.1, -0.05) is 30.3 Å². The first-order chi connectivity index (χ1) is 8.85. The molecule has 2 aliphatic rings. The molecule has 1 aromatic carbocycles. The van der Waals surface area contributed by atoms with Crippen LogP contribution in [-0.4, -0.2) is 0 Å². The molecule has 18 heavy (non-hydrogen) atoms. The molecule has 88 valence electrons. The summed E-state index contributed by atoms with van der Waals surface area (Å²) in [6, 6.07) is 14.5. The zero-order valence-electron chi connectivity index (χ0n) is 10.1. The van der Waals surface area contributed by atoms with E-state index in [9.17, 15) is 0 Å². The standard InChI is InChI=1S/C16H14N2/c17-9-14(10-18)16-13-7-6-12(8-13)15(16)11-4-2-1-3-5-11/h1-5,12-13,15H,6-8H2/t12-,13?,15?/m1/s1. The van der Waals surface area contributed by atoms with Crippen LogP contribution in [0.15, 0.2) is 41.5 Å². The number of benzene rings is 1. The van der Waals surface area contributed by atoms with Crippen molar-refractivity contribution in [3.05, 3.63) is 47.0 Å². The summed E-state index contributed by atoms with van der Waals surface area (Å²) in [6.45, 7) is 0. The summed E-state index contributed by atoms with van der Waals surface area (Å²) in [6.07, 6.45) is 3.54. The molecule has 2 saturated carbocycles. The van der Waals surface area contributed by atoms with Crippen LogP contribution in [0.2, 0.25) is 0 Å². The van der Waals surface area contributed by atoms with Crippen LogP contribution in [-0.2, 0) is 0 Å². The number of nitrogens with zero attached hydrogens (tertiary/aromatic N) is 2. The van der Waals surface area contributed by atoms with E-state index in [1.165, 1.54) is 12.0 Å². The quantitative estimate of drug-likeness (QED) is 0.698. The predicted octanol–water partition coefficient (Wildman–Crippen LogP) is 3.54. The second kappa shape index (κ2) is 4.31. The average Bonchev–Trinajstić information content (AvgIpc) is 3.02. The Bertz CT molecular complexity index is 555. The summed E-state index contributed by atoms with van der Waals surface area (Å²) >= 11 is 0. The lowest BCUT2D eigenvalue weighted by Gasteiger charge is -2.25. The Morgan fingerprint density at radius 3 is 2.44 bits per heavy atom. The van der Waals surface area contributed by atoms with Crippen molar-refractivity contribution in [3.8, 4) is 12.1 Å². The first kappa shape index (κ1) is 11.1. The molecular weight excluding hydrogens is 220 g/mol. The Morgan fingerprint density at radius 1 is 1.06 bits per heavy atom. The highest BCUT2D eigenvalue weighted by atomic mass is 14.5. The van der Waals surface area contributed by atoms with Gasteiger partial charge in [0.2, 0.25) is 0 Å². The maximum Gasteiger partial charge on any atom is 0.129 e. The molecular formula is C16H14N2. The zero-order chi connectivity index (χ0) is 12.5. The van der Waals surface area contributed by atoms with Gasteiger partial charge in [-0.3, -0.25) is 0 Å². The van der Waals surface area contributed by atoms with Crippen LogP contribution in [0.3, 0.4) is 0 Å². The lowest BCUT2D eigenvalue weighted by molar-refractivity contribution is 0.495. The highest BCUT2D eigenvalue weighted by Crippen LogP contribution is 2.57. The third-order valence-electron chi connectivity index (χ3n) is 4.39. The van der Waals surface area contributed by atoms with Gasteiger partial charge in [-0.15, -0.1) is 0 Å². The molecule has 0 spiro atoms. The van der Waals surface area contributed by atoms with Crippen molar-refractivity contribution < 1.29 is 0 Å². The van der Waals surface area contributed by atoms with Crippen LogP contribution in [0.25, 0.3) is 0 Å². The molecule has 3 atom stereocenters. The van der Waals surface area contributed by atoms with Crippen molar-refractivity contribution in [2.24, 2.45) is 11.8 Å². The van der Waals surface area contributed by atoms with E-state index < -0.39 is 0 Å². The molecule has 0 radical (unpaired) electrons. The Hall–Kier alpha value is -2.06. The molecule has 3 rings (SSSR count). The predicted molar refractivity (Wildman–Crippen MR) is 68.3 cm³/mol. The topological polar surface area (TPSA) is 47.6 Å². The lowest BCUT2D eigenvalue weighted by Crippen LogP contribution is -2.13. The van der Waals surface area contributed by atoms with Crippen molar-refractivity contribution in [2.75, 3.05) is 0 Å². The van der Waals surface area contributed by atoms with Gasteiger partial charge < -0.3 is 0 Å². The molecule has 2 fully saturated rings. The largest absolute Gasteiger partial charge is 0.192 e. The monoisotopic (exact) mass is 234 g/mol. The van der Waals surface area contributed by atoms with Crippen LogP contribution < -0.4 is 0 Å². The van der Waals surface area contributed by atoms with Gasteiger partial charge in [-0.05, 0) is 42.2 Å². The van der Waals surface area contributed by atoms with Crippen LogP contribution >= 0.6 is 0 Å². The molecule has 2 bridgehead atoms. The smallest absolute Gasteiger partial charge is 0.129 e. The first-order valence-corrected chi connectivity index (χ1v) is 6.44. The lowest BCUT2D eigenvalue weighted by atomic mass is 9.78. The van der Waals surface area contributed by atoms with Crippen molar-refractivity contribution in [2.45, 2.75) is 25.2 Å². The number of nitriles is 2. The van der Waals surface area contributed by atoms with Gasteiger partial charge in [-0.2, -0.15) is 10.5 Å². The number of rotatable bonds is 1. The van der Waals surface area contributed by atoms with E-state index in [0.29, 0.717) is 23.3 Å². The van der Waals surface area contributed by atoms with Gasteiger partial charge in [0.25, 0.3) is 0 Å². The zero-order valence-corrected chi connectivity index (χ0v) is 10.1. The van der Waals surface area contributed by atoms with Gasteiger partial charge in [0, 0.05) is 5.92 Å². The summed E-state index contributed by atoms with van der Waals surface area (Å²) in [7, 11) is 0. The Kier molecular flexibility index (Phi) is 2.65. The number of fused-ring (bicyclic) bond motifs is 2. The number of allylic oxidation sites excluding steroid dienone is 2. The van der Waals surface area contributed by atoms with Crippen molar-refractivity contribution in [1.82, 2.24) is 0 Å². The maximum absolute atomic E-state index is 9.15. The fourth-order valence-electron chi connectivity index (χ4n) is 3.74. The molecule has 0 aliphatic heterocycles. The second-order valence-electron chi connectivity index (χ2n) is 5.21. The van der Waals surface area contributed by atoms with Gasteiger partial charge in [0.15, 0.2) is 0 Å². The van der Waals surface area contributed by atoms with Gasteiger partial charge in [-0.25, -0.2) is 0 Å². The van der Waals surface area contributed by atoms with E-state index >= 15 is 0 Å². The second-order valence-corrected chi connectivity index (χ2v) is 5.21. The average molecular weight is 234 g/mol. The van der Waals surface area contributed by atoms with E-state index in [0.717, 1.165) is 18.4 Å². The van der Waals surface area contributed by atoms with E-state index in [4.69, 9.17) is 10.5 Å². The SMILES string of the molecule is N#CC(C#N)=C1C2CC[C@H](C2)C1c1ccccc1. The van der Waals surface area contributed by atoms with E-state index in [2.05, 4.69) is 24.3 Å². The highest BCUT2D eigenvalue weighted by molar-refractivity contribution is 5.49. The Balaban J connectivity index is 2.11. The molecule has 1 aromatic rings. The summed E-state index contributed by atoms with van der Waals surface area (Å²) in [5, 5.41) is 18.3. The van der Waals surface area contributed by atoms with Gasteiger partial charge >= 0.3 is 0 Å². The summed E-state index contributed by atoms with van der Waals surface area (Å²) in [4.78, 5) is 0. The molecule has 2 nitrogen and oxygen atoms in total. The summed E-state index contributed by atoms with van der Waals surface area (Å²) < 4.78 is 0. The minimum atomic E-state index is 0.305. The Morgan fingerprint density at radius 2 is 1.78 bits per heavy atom. The molecule has 0 heterocycles. The first-order valence-electron chi connectivity index (χ1n) is 6.44. The molecule has 2 unspecified atom stereocenters. The van der Waals surface area contributed by atoms with Crippen LogP contribution in [0.1, 0.15) is 30.7 Å². The van der Waals surface area contributed by atoms with E-state index in [1.54, 1.807) is 0 Å². The van der Waals surface area contributed by atoms with Crippen molar-refractivity contribution in [3.63, 3.8) is 0 Å². The number of hydrogen-bond acceptors (Lipinski definition) is 2. The third-order valence-corrected chi connectivity index (χ3v) is 4.39. The van der Waals surface area contributed by atoms with E-state index in [-0.39, 0.29) is 0 Å². The fraction of sp³-hybridized carbons (Fsp3) is 0.375. The van der Waals surface area contributed by atoms with E-state index in [1.807, 2.05) is 18.2 Å². The molecule has 0 N–H and O–H groups in total. The molecule has 2 heteroatoms. The Labute approximate surface area is 107 Å². The molecule has 0 amide bonds. The van der Waals surface area contributed by atoms with Gasteiger partial charge in [0.1, 0.15) is 17.7 Å². The van der Waals surface area contributed by atoms with Gasteiger partial charge in [0.05, 0.1) is 0 Å². The van der Waals surface area contributed by atoms with Crippen LogP contribution in [0.5, 0.6) is 0 Å². The maximum atomic E-state index is 9.15. The minimum absolute atomic E-state index is 0.305. The third kappa shape index (κ3) is 1.54. The van der Waals surface area contributed by atoms with Crippen molar-refractivity contribution >= 4 is 0 Å². The van der Waals surface area contributed by atoms with Crippen LogP contribution in [0, 0.1) is 34.5 Å². The molecule has 0 saturated heterocycles. The summed E-state index contributed by atoms with van der Waals surface area (Å²) in [5.74, 6) is 1.40. The molecule has 2 aliphatic carbocycles. The number of hydrogen-bond donors (Lipinski definition) is 0. The molecule has 0 aromatic heterocycles.